The second kappa shape index (κ2) is 12.3. The third-order valence-corrected chi connectivity index (χ3v) is 4.97. The number of nitrogens with one attached hydrogen (secondary N) is 1. The summed E-state index contributed by atoms with van der Waals surface area (Å²) < 4.78 is 10.9. The lowest BCUT2D eigenvalue weighted by molar-refractivity contribution is -0.116. The van der Waals surface area contributed by atoms with Crippen LogP contribution in [0, 0.1) is 0 Å². The van der Waals surface area contributed by atoms with Crippen LogP contribution in [-0.2, 0) is 11.2 Å². The third-order valence-electron chi connectivity index (χ3n) is 4.97. The van der Waals surface area contributed by atoms with Gasteiger partial charge in [-0.25, -0.2) is 0 Å². The summed E-state index contributed by atoms with van der Waals surface area (Å²) in [6, 6.07) is 15.9. The molecule has 0 aromatic heterocycles. The summed E-state index contributed by atoms with van der Waals surface area (Å²) in [6.07, 6.45) is 0.680. The summed E-state index contributed by atoms with van der Waals surface area (Å²) in [5.41, 5.74) is 2.29. The predicted molar refractivity (Wildman–Crippen MR) is 119 cm³/mol. The van der Waals surface area contributed by atoms with Crippen molar-refractivity contribution in [2.75, 3.05) is 40.9 Å². The van der Waals surface area contributed by atoms with E-state index in [4.69, 9.17) is 9.47 Å². The molecule has 2 atom stereocenters. The largest absolute Gasteiger partial charge is 0.497 e. The number of ketones is 1. The number of nitrogens with zero attached hydrogens (tertiary/aromatic N) is 1. The Morgan fingerprint density at radius 3 is 2.23 bits per heavy atom. The molecule has 30 heavy (non-hydrogen) atoms. The molecule has 0 spiro atoms. The minimum Gasteiger partial charge on any atom is -0.497 e. The van der Waals surface area contributed by atoms with Gasteiger partial charge in [0.1, 0.15) is 30.0 Å². The van der Waals surface area contributed by atoms with Gasteiger partial charge in [0.15, 0.2) is 0 Å². The second-order valence-electron chi connectivity index (χ2n) is 7.72. The number of aliphatic hydroxyl groups excluding tert-OH is 1. The lowest BCUT2D eigenvalue weighted by atomic mass is 10.1. The maximum absolute atomic E-state index is 11.1. The van der Waals surface area contributed by atoms with Crippen LogP contribution in [0.15, 0.2) is 48.5 Å². The lowest BCUT2D eigenvalue weighted by Crippen LogP contribution is -2.37. The van der Waals surface area contributed by atoms with Crippen molar-refractivity contribution < 1.29 is 19.4 Å². The van der Waals surface area contributed by atoms with Crippen LogP contribution < -0.4 is 14.8 Å². The average molecular weight is 415 g/mol. The van der Waals surface area contributed by atoms with E-state index in [1.165, 1.54) is 5.56 Å². The van der Waals surface area contributed by atoms with Gasteiger partial charge in [-0.05, 0) is 62.8 Å². The number of ether oxygens (including phenoxy) is 2. The monoisotopic (exact) mass is 414 g/mol. The number of hydrogen-bond donors (Lipinski definition) is 2. The lowest BCUT2D eigenvalue weighted by Gasteiger charge is -2.26. The Labute approximate surface area is 179 Å². The van der Waals surface area contributed by atoms with Gasteiger partial charge in [-0.2, -0.15) is 0 Å². The number of methoxy groups -OCH3 is 1. The number of aryl methyl sites for hydroxylation is 1. The van der Waals surface area contributed by atoms with Crippen LogP contribution in [0.25, 0.3) is 0 Å². The molecule has 2 aromatic carbocycles. The first-order chi connectivity index (χ1) is 14.4. The minimum atomic E-state index is -0.610. The van der Waals surface area contributed by atoms with E-state index in [9.17, 15) is 9.90 Å². The van der Waals surface area contributed by atoms with E-state index in [-0.39, 0.29) is 18.4 Å². The van der Waals surface area contributed by atoms with Crippen molar-refractivity contribution in [2.24, 2.45) is 0 Å². The summed E-state index contributed by atoms with van der Waals surface area (Å²) >= 11 is 0. The summed E-state index contributed by atoms with van der Waals surface area (Å²) in [4.78, 5) is 13.2. The van der Waals surface area contributed by atoms with Gasteiger partial charge in [-0.1, -0.05) is 24.3 Å². The van der Waals surface area contributed by atoms with Gasteiger partial charge in [0.05, 0.1) is 7.11 Å². The molecule has 0 aliphatic rings. The standard InChI is InChI=1S/C24H34N2O4/c1-18(27)5-6-19-7-11-23(12-8-19)30-17-21(28)15-25-16-24(26(2)3)20-9-13-22(29-4)14-10-20/h7-14,21,24-25,28H,5-6,15-17H2,1-4H3. The van der Waals surface area contributed by atoms with E-state index in [2.05, 4.69) is 22.3 Å². The SMILES string of the molecule is COc1ccc(C(CNCC(O)COc2ccc(CCC(C)=O)cc2)N(C)C)cc1. The molecule has 2 rings (SSSR count). The molecule has 0 bridgehead atoms. The van der Waals surface area contributed by atoms with Gasteiger partial charge >= 0.3 is 0 Å². The zero-order chi connectivity index (χ0) is 21.9. The normalized spacial score (nSPS) is 13.1. The molecule has 164 valence electrons. The molecule has 0 heterocycles. The zero-order valence-electron chi connectivity index (χ0n) is 18.4. The fourth-order valence-corrected chi connectivity index (χ4v) is 3.14. The van der Waals surface area contributed by atoms with Gasteiger partial charge < -0.3 is 29.6 Å². The summed E-state index contributed by atoms with van der Waals surface area (Å²) in [6.45, 7) is 2.97. The fourth-order valence-electron chi connectivity index (χ4n) is 3.14. The Balaban J connectivity index is 1.74. The Morgan fingerprint density at radius 1 is 1.03 bits per heavy atom. The number of carbonyl (C=O) groups is 1. The first kappa shape index (κ1) is 23.9. The first-order valence-corrected chi connectivity index (χ1v) is 10.3. The quantitative estimate of drug-likeness (QED) is 0.525. The smallest absolute Gasteiger partial charge is 0.130 e. The molecule has 2 N–H and O–H groups in total. The van der Waals surface area contributed by atoms with E-state index in [1.54, 1.807) is 14.0 Å². The Hall–Kier alpha value is -2.41. The van der Waals surface area contributed by atoms with Gasteiger partial charge in [0.25, 0.3) is 0 Å². The van der Waals surface area contributed by atoms with Crippen LogP contribution in [0.2, 0.25) is 0 Å². The highest BCUT2D eigenvalue weighted by molar-refractivity contribution is 5.75. The molecule has 0 aliphatic heterocycles. The molecule has 0 amide bonds. The van der Waals surface area contributed by atoms with Crippen LogP contribution in [0.4, 0.5) is 0 Å². The van der Waals surface area contributed by atoms with Crippen LogP contribution in [0.3, 0.4) is 0 Å². The predicted octanol–water partition coefficient (Wildman–Crippen LogP) is 2.85. The molecule has 6 heteroatoms. The zero-order valence-corrected chi connectivity index (χ0v) is 18.4. The van der Waals surface area contributed by atoms with E-state index in [1.807, 2.05) is 50.5 Å². The minimum absolute atomic E-state index is 0.187. The van der Waals surface area contributed by atoms with E-state index >= 15 is 0 Å². The van der Waals surface area contributed by atoms with Crippen molar-refractivity contribution in [2.45, 2.75) is 31.9 Å². The van der Waals surface area contributed by atoms with E-state index < -0.39 is 6.10 Å². The van der Waals surface area contributed by atoms with Crippen molar-refractivity contribution in [1.29, 1.82) is 0 Å². The highest BCUT2D eigenvalue weighted by atomic mass is 16.5. The van der Waals surface area contributed by atoms with Crippen LogP contribution >= 0.6 is 0 Å². The summed E-state index contributed by atoms with van der Waals surface area (Å²) in [5.74, 6) is 1.74. The van der Waals surface area contributed by atoms with E-state index in [0.717, 1.165) is 17.7 Å². The van der Waals surface area contributed by atoms with Gasteiger partial charge in [-0.15, -0.1) is 0 Å². The van der Waals surface area contributed by atoms with Crippen LogP contribution in [0.5, 0.6) is 11.5 Å². The number of carbonyl (C=O) groups excluding carboxylic acids is 1. The fraction of sp³-hybridized carbons (Fsp3) is 0.458. The molecule has 0 saturated heterocycles. The molecule has 0 radical (unpaired) electrons. The summed E-state index contributed by atoms with van der Waals surface area (Å²) in [7, 11) is 5.73. The number of aliphatic hydroxyl groups is 1. The first-order valence-electron chi connectivity index (χ1n) is 10.3. The van der Waals surface area contributed by atoms with Crippen LogP contribution in [0.1, 0.15) is 30.5 Å². The second-order valence-corrected chi connectivity index (χ2v) is 7.72. The Morgan fingerprint density at radius 2 is 1.67 bits per heavy atom. The van der Waals surface area contributed by atoms with Crippen molar-refractivity contribution in [1.82, 2.24) is 10.2 Å². The topological polar surface area (TPSA) is 71.0 Å². The molecule has 0 saturated carbocycles. The third kappa shape index (κ3) is 8.14. The number of Topliss-reactive ketones (excluding diaryl/α,β-unsaturated/α-hetero) is 1. The van der Waals surface area contributed by atoms with Crippen molar-refractivity contribution in [3.05, 3.63) is 59.7 Å². The molecule has 0 fully saturated rings. The Bertz CT molecular complexity index is 760. The van der Waals surface area contributed by atoms with Crippen LogP contribution in [-0.4, -0.2) is 62.8 Å². The highest BCUT2D eigenvalue weighted by Gasteiger charge is 2.15. The molecular weight excluding hydrogens is 380 g/mol. The van der Waals surface area contributed by atoms with Gasteiger partial charge in [0.2, 0.25) is 0 Å². The van der Waals surface area contributed by atoms with Gasteiger partial charge in [0, 0.05) is 25.6 Å². The van der Waals surface area contributed by atoms with E-state index in [0.29, 0.717) is 25.3 Å². The van der Waals surface area contributed by atoms with Gasteiger partial charge in [-0.3, -0.25) is 0 Å². The summed E-state index contributed by atoms with van der Waals surface area (Å²) in [5, 5.41) is 13.6. The van der Waals surface area contributed by atoms with Crippen molar-refractivity contribution in [3.63, 3.8) is 0 Å². The average Bonchev–Trinajstić information content (AvgIpc) is 2.74. The molecule has 0 aliphatic carbocycles. The Kier molecular flexibility index (Phi) is 9.80. The number of hydrogen-bond acceptors (Lipinski definition) is 6. The van der Waals surface area contributed by atoms with Crippen molar-refractivity contribution in [3.8, 4) is 11.5 Å². The number of benzene rings is 2. The molecule has 2 aromatic rings. The molecule has 2 unspecified atom stereocenters. The van der Waals surface area contributed by atoms with Crippen molar-refractivity contribution >= 4 is 5.78 Å². The molecule has 6 nitrogen and oxygen atoms in total. The number of rotatable bonds is 13. The highest BCUT2D eigenvalue weighted by Crippen LogP contribution is 2.20. The number of likely N-dealkylation sites (N-methyl/N-ethyl adjacent to an activating group) is 1. The molecular formula is C24H34N2O4. The maximum atomic E-state index is 11.1. The maximum Gasteiger partial charge on any atom is 0.130 e.